The topological polar surface area (TPSA) is 0 Å². The molecule has 6 aromatic carbocycles. The lowest BCUT2D eigenvalue weighted by molar-refractivity contribution is 0.911. The van der Waals surface area contributed by atoms with Gasteiger partial charge in [-0.1, -0.05) is 154 Å². The SMILES string of the molecule is CC1=Cc2c(-c3cc(C)cc(C)c3)c3c(c(-c4cc(C)cc(C)c4)c2C1[Si](C)(C)C1C(C)=Cc2c(-c4cc(C)cc(C)c4)c4c(c(-c5cc(C)cc(C)c5)c21)CCC4)CCC3. The first-order valence-corrected chi connectivity index (χ1v) is 26.4. The average Bonchev–Trinajstić information content (AvgIpc) is 3.96. The molecular formula is C60H64Si. The minimum absolute atomic E-state index is 0.373. The van der Waals surface area contributed by atoms with Crippen LogP contribution in [0.1, 0.15) is 127 Å². The number of benzene rings is 6. The van der Waals surface area contributed by atoms with E-state index in [1.54, 1.807) is 55.7 Å². The van der Waals surface area contributed by atoms with E-state index in [9.17, 15) is 0 Å². The van der Waals surface area contributed by atoms with E-state index >= 15 is 0 Å². The normalized spacial score (nSPS) is 17.6. The van der Waals surface area contributed by atoms with Crippen molar-refractivity contribution in [2.24, 2.45) is 0 Å². The molecule has 0 aliphatic heterocycles. The van der Waals surface area contributed by atoms with E-state index in [0.29, 0.717) is 11.1 Å². The number of fused-ring (bicyclic) bond motifs is 4. The van der Waals surface area contributed by atoms with Crippen molar-refractivity contribution in [2.75, 3.05) is 0 Å². The highest BCUT2D eigenvalue weighted by Crippen LogP contribution is 2.61. The van der Waals surface area contributed by atoms with Gasteiger partial charge in [0.05, 0.1) is 8.07 Å². The van der Waals surface area contributed by atoms with Gasteiger partial charge >= 0.3 is 0 Å². The van der Waals surface area contributed by atoms with Crippen LogP contribution in [0.15, 0.2) is 83.9 Å². The molecule has 0 amide bonds. The number of aryl methyl sites for hydroxylation is 8. The summed E-state index contributed by atoms with van der Waals surface area (Å²) in [5.41, 5.74) is 39.4. The summed E-state index contributed by atoms with van der Waals surface area (Å²) in [7, 11) is -2.34. The largest absolute Gasteiger partial charge is 0.0722 e. The second-order valence-corrected chi connectivity index (χ2v) is 25.5. The zero-order chi connectivity index (χ0) is 42.8. The molecule has 0 saturated heterocycles. The van der Waals surface area contributed by atoms with E-state index in [-0.39, 0.29) is 0 Å². The Morgan fingerprint density at radius 2 is 0.590 bits per heavy atom. The summed E-state index contributed by atoms with van der Waals surface area (Å²) in [5.74, 6) is 0. The molecule has 308 valence electrons. The highest BCUT2D eigenvalue weighted by atomic mass is 28.3. The number of hydrogen-bond donors (Lipinski definition) is 0. The number of rotatable bonds is 6. The lowest BCUT2D eigenvalue weighted by atomic mass is 9.82. The van der Waals surface area contributed by atoms with Crippen molar-refractivity contribution < 1.29 is 0 Å². The van der Waals surface area contributed by atoms with E-state index in [0.717, 1.165) is 25.7 Å². The molecule has 0 N–H and O–H groups in total. The Labute approximate surface area is 367 Å². The van der Waals surface area contributed by atoms with Gasteiger partial charge in [-0.15, -0.1) is 0 Å². The van der Waals surface area contributed by atoms with Crippen LogP contribution in [0.2, 0.25) is 13.1 Å². The maximum atomic E-state index is 2.78. The summed E-state index contributed by atoms with van der Waals surface area (Å²) >= 11 is 0. The molecule has 4 aliphatic rings. The third-order valence-electron chi connectivity index (χ3n) is 15.1. The van der Waals surface area contributed by atoms with Crippen LogP contribution in [-0.4, -0.2) is 8.07 Å². The fraction of sp³-hybridized carbons (Fsp3) is 0.333. The number of hydrogen-bond acceptors (Lipinski definition) is 0. The van der Waals surface area contributed by atoms with E-state index < -0.39 is 8.07 Å². The van der Waals surface area contributed by atoms with Gasteiger partial charge in [0, 0.05) is 11.1 Å². The van der Waals surface area contributed by atoms with Crippen molar-refractivity contribution in [3.05, 3.63) is 173 Å². The predicted octanol–water partition coefficient (Wildman–Crippen LogP) is 16.3. The van der Waals surface area contributed by atoms with Gasteiger partial charge in [-0.05, 0) is 197 Å². The van der Waals surface area contributed by atoms with Crippen LogP contribution in [0.4, 0.5) is 0 Å². The van der Waals surface area contributed by atoms with Crippen LogP contribution in [0.5, 0.6) is 0 Å². The molecule has 2 unspecified atom stereocenters. The lowest BCUT2D eigenvalue weighted by Gasteiger charge is -2.41. The average molecular weight is 813 g/mol. The lowest BCUT2D eigenvalue weighted by Crippen LogP contribution is -2.43. The highest BCUT2D eigenvalue weighted by molar-refractivity contribution is 6.82. The third kappa shape index (κ3) is 6.44. The van der Waals surface area contributed by atoms with Crippen molar-refractivity contribution in [2.45, 2.75) is 132 Å². The monoisotopic (exact) mass is 812 g/mol. The van der Waals surface area contributed by atoms with Crippen molar-refractivity contribution in [3.63, 3.8) is 0 Å². The van der Waals surface area contributed by atoms with Gasteiger partial charge in [-0.3, -0.25) is 0 Å². The van der Waals surface area contributed by atoms with Crippen LogP contribution < -0.4 is 0 Å². The van der Waals surface area contributed by atoms with E-state index in [2.05, 4.69) is 167 Å². The van der Waals surface area contributed by atoms with Crippen LogP contribution >= 0.6 is 0 Å². The fourth-order valence-corrected chi connectivity index (χ4v) is 18.6. The Bertz CT molecular complexity index is 2660. The minimum atomic E-state index is -2.34. The van der Waals surface area contributed by atoms with Gasteiger partial charge in [0.1, 0.15) is 0 Å². The Hall–Kier alpha value is -4.98. The van der Waals surface area contributed by atoms with Gasteiger partial charge in [0.2, 0.25) is 0 Å². The van der Waals surface area contributed by atoms with Gasteiger partial charge < -0.3 is 0 Å². The molecule has 0 heterocycles. The molecule has 0 radical (unpaired) electrons. The maximum absolute atomic E-state index is 2.78. The van der Waals surface area contributed by atoms with Crippen LogP contribution in [0.25, 0.3) is 56.7 Å². The van der Waals surface area contributed by atoms with Crippen molar-refractivity contribution in [1.82, 2.24) is 0 Å². The molecule has 0 bridgehead atoms. The molecule has 0 saturated carbocycles. The molecule has 0 spiro atoms. The summed E-state index contributed by atoms with van der Waals surface area (Å²) in [4.78, 5) is 0. The smallest absolute Gasteiger partial charge is 0.0679 e. The molecule has 1 heteroatoms. The summed E-state index contributed by atoms with van der Waals surface area (Å²) in [6.07, 6.45) is 12.4. The van der Waals surface area contributed by atoms with E-state index in [4.69, 9.17) is 0 Å². The molecule has 6 aromatic rings. The molecule has 0 fully saturated rings. The molecule has 10 rings (SSSR count). The molecular weight excluding hydrogens is 749 g/mol. The minimum Gasteiger partial charge on any atom is -0.0679 e. The summed E-state index contributed by atoms with van der Waals surface area (Å²) < 4.78 is 0. The van der Waals surface area contributed by atoms with Crippen LogP contribution in [0, 0.1) is 55.4 Å². The Morgan fingerprint density at radius 1 is 0.344 bits per heavy atom. The zero-order valence-electron chi connectivity index (χ0n) is 39.0. The standard InChI is InChI=1S/C60H64Si/c1-33-19-34(2)24-43(23-33)53-47-15-13-17-49(47)55(45-27-37(5)21-38(6)28-45)57-51(53)31-41(9)59(57)61(11,12)60-42(10)32-52-54(44-25-35(3)20-36(4)26-44)48-16-14-18-50(48)56(58(52)60)46-29-39(7)22-40(8)30-46/h19-32,59-60H,13-18H2,1-12H3. The Morgan fingerprint density at radius 3 is 0.869 bits per heavy atom. The van der Waals surface area contributed by atoms with E-state index in [1.165, 1.54) is 102 Å². The molecule has 2 atom stereocenters. The second kappa shape index (κ2) is 14.6. The molecule has 0 aromatic heterocycles. The first-order valence-electron chi connectivity index (χ1n) is 23.2. The first kappa shape index (κ1) is 40.1. The first-order chi connectivity index (χ1) is 29.1. The molecule has 61 heavy (non-hydrogen) atoms. The van der Waals surface area contributed by atoms with Gasteiger partial charge in [-0.2, -0.15) is 0 Å². The van der Waals surface area contributed by atoms with Crippen LogP contribution in [-0.2, 0) is 25.7 Å². The Kier molecular flexibility index (Phi) is 9.57. The van der Waals surface area contributed by atoms with Crippen molar-refractivity contribution >= 4 is 20.2 Å². The molecule has 4 aliphatic carbocycles. The highest BCUT2D eigenvalue weighted by Gasteiger charge is 2.50. The van der Waals surface area contributed by atoms with E-state index in [1.807, 2.05) is 0 Å². The van der Waals surface area contributed by atoms with Gasteiger partial charge in [-0.25, -0.2) is 0 Å². The summed E-state index contributed by atoms with van der Waals surface area (Å²) in [5, 5.41) is 0. The summed E-state index contributed by atoms with van der Waals surface area (Å²) in [6, 6.07) is 29.3. The molecule has 0 nitrogen and oxygen atoms in total. The Balaban J connectivity index is 1.29. The fourth-order valence-electron chi connectivity index (χ4n) is 13.6. The maximum Gasteiger partial charge on any atom is 0.0722 e. The second-order valence-electron chi connectivity index (χ2n) is 20.7. The van der Waals surface area contributed by atoms with Gasteiger partial charge in [0.15, 0.2) is 0 Å². The quantitative estimate of drug-likeness (QED) is 0.147. The third-order valence-corrected chi connectivity index (χ3v) is 19.5. The zero-order valence-corrected chi connectivity index (χ0v) is 40.0. The summed E-state index contributed by atoms with van der Waals surface area (Å²) in [6.45, 7) is 28.9. The van der Waals surface area contributed by atoms with Crippen LogP contribution in [0.3, 0.4) is 0 Å². The van der Waals surface area contributed by atoms with Gasteiger partial charge in [0.25, 0.3) is 0 Å². The number of allylic oxidation sites excluding steroid dienone is 2. The van der Waals surface area contributed by atoms with Crippen molar-refractivity contribution in [1.29, 1.82) is 0 Å². The van der Waals surface area contributed by atoms with Crippen molar-refractivity contribution in [3.8, 4) is 44.5 Å². The predicted molar refractivity (Wildman–Crippen MR) is 267 cm³/mol.